The van der Waals surface area contributed by atoms with E-state index in [4.69, 9.17) is 11.6 Å². The molecule has 2 aromatic carbocycles. The summed E-state index contributed by atoms with van der Waals surface area (Å²) in [4.78, 5) is 13.2. The Hall–Kier alpha value is -2.21. The molecular weight excluding hydrogens is 341 g/mol. The van der Waals surface area contributed by atoms with Gasteiger partial charge in [0.1, 0.15) is 0 Å². The number of nitrogens with zero attached hydrogens (tertiary/aromatic N) is 1. The Bertz CT molecular complexity index is 764. The van der Waals surface area contributed by atoms with Gasteiger partial charge in [-0.05, 0) is 30.7 Å². The molecule has 1 N–H and O–H groups in total. The smallest absolute Gasteiger partial charge is 0.307 e. The number of fused-ring (bicyclic) bond motifs is 1. The summed E-state index contributed by atoms with van der Waals surface area (Å²) >= 11 is 5.87. The van der Waals surface area contributed by atoms with Crippen molar-refractivity contribution in [3.05, 3.63) is 64.7 Å². The summed E-state index contributed by atoms with van der Waals surface area (Å²) in [6, 6.07) is 9.08. The Morgan fingerprint density at radius 1 is 1.17 bits per heavy atom. The van der Waals surface area contributed by atoms with Gasteiger partial charge >= 0.3 is 12.2 Å². The Morgan fingerprint density at radius 2 is 1.83 bits per heavy atom. The molecule has 3 nitrogen and oxygen atoms in total. The fraction of sp³-hybridized carbons (Fsp3) is 0.235. The summed E-state index contributed by atoms with van der Waals surface area (Å²) in [5.74, 6) is 0. The van der Waals surface area contributed by atoms with E-state index in [0.29, 0.717) is 5.56 Å². The van der Waals surface area contributed by atoms with Crippen molar-refractivity contribution in [2.45, 2.75) is 25.2 Å². The molecule has 0 aromatic heterocycles. The number of rotatable bonds is 2. The van der Waals surface area contributed by atoms with Gasteiger partial charge in [-0.15, -0.1) is 0 Å². The lowest BCUT2D eigenvalue weighted by atomic mass is 9.96. The highest BCUT2D eigenvalue weighted by Crippen LogP contribution is 2.47. The average Bonchev–Trinajstić information content (AvgIpc) is 2.53. The van der Waals surface area contributed by atoms with E-state index < -0.39 is 24.3 Å². The van der Waals surface area contributed by atoms with E-state index >= 15 is 0 Å². The van der Waals surface area contributed by atoms with Crippen LogP contribution < -0.4 is 5.32 Å². The zero-order chi connectivity index (χ0) is 17.5. The van der Waals surface area contributed by atoms with Gasteiger partial charge in [-0.3, -0.25) is 0 Å². The monoisotopic (exact) mass is 354 g/mol. The van der Waals surface area contributed by atoms with E-state index in [1.54, 1.807) is 37.3 Å². The number of anilines is 1. The molecule has 0 bridgehead atoms. The molecule has 0 fully saturated rings. The summed E-state index contributed by atoms with van der Waals surface area (Å²) in [6.45, 7) is 1.57. The van der Waals surface area contributed by atoms with Gasteiger partial charge in [0.15, 0.2) is 6.04 Å². The summed E-state index contributed by atoms with van der Waals surface area (Å²) in [7, 11) is 0. The highest BCUT2D eigenvalue weighted by molar-refractivity contribution is 6.30. The van der Waals surface area contributed by atoms with Crippen LogP contribution in [0.5, 0.6) is 0 Å². The molecule has 2 amide bonds. The molecular formula is C17H14ClF3N2O. The normalized spacial score (nSPS) is 18.8. The van der Waals surface area contributed by atoms with Crippen molar-refractivity contribution < 1.29 is 18.0 Å². The fourth-order valence-electron chi connectivity index (χ4n) is 2.95. The van der Waals surface area contributed by atoms with Crippen LogP contribution in [0.1, 0.15) is 30.1 Å². The second-order valence-electron chi connectivity index (χ2n) is 5.60. The molecule has 1 aliphatic rings. The number of urea groups is 1. The minimum atomic E-state index is -4.62. The van der Waals surface area contributed by atoms with Crippen molar-refractivity contribution in [1.29, 1.82) is 0 Å². The van der Waals surface area contributed by atoms with Gasteiger partial charge in [0.05, 0.1) is 6.04 Å². The van der Waals surface area contributed by atoms with E-state index in [1.807, 2.05) is 0 Å². The molecule has 2 aromatic rings. The van der Waals surface area contributed by atoms with Crippen LogP contribution in [0.3, 0.4) is 0 Å². The fourth-order valence-corrected chi connectivity index (χ4v) is 3.13. The Morgan fingerprint density at radius 3 is 2.46 bits per heavy atom. The SMILES string of the molecule is C[C@H](c1ccccc1)N1C(=O)Nc2ccc(Cl)cc2C1C(F)(F)F. The first kappa shape index (κ1) is 16.6. The number of benzene rings is 2. The predicted molar refractivity (Wildman–Crippen MR) is 86.0 cm³/mol. The third-order valence-corrected chi connectivity index (χ3v) is 4.31. The molecule has 2 atom stereocenters. The molecule has 1 unspecified atom stereocenters. The first-order valence-electron chi connectivity index (χ1n) is 7.29. The Balaban J connectivity index is 2.12. The summed E-state index contributed by atoms with van der Waals surface area (Å²) in [5, 5.41) is 2.70. The standard InChI is InChI=1S/C17H14ClF3N2O/c1-10(11-5-3-2-4-6-11)23-15(17(19,20)21)13-9-12(18)7-8-14(13)22-16(23)24/h2-10,15H,1H3,(H,22,24)/t10-,15?/m1/s1. The maximum atomic E-state index is 13.8. The summed E-state index contributed by atoms with van der Waals surface area (Å²) in [5.41, 5.74) is 0.688. The topological polar surface area (TPSA) is 32.3 Å². The zero-order valence-corrected chi connectivity index (χ0v) is 13.4. The van der Waals surface area contributed by atoms with Crippen LogP contribution >= 0.6 is 11.6 Å². The molecule has 0 spiro atoms. The molecule has 0 saturated carbocycles. The van der Waals surface area contributed by atoms with E-state index in [0.717, 1.165) is 4.90 Å². The van der Waals surface area contributed by atoms with Gasteiger partial charge in [-0.1, -0.05) is 41.9 Å². The zero-order valence-electron chi connectivity index (χ0n) is 12.6. The third-order valence-electron chi connectivity index (χ3n) is 4.07. The lowest BCUT2D eigenvalue weighted by molar-refractivity contribution is -0.183. The molecule has 1 aliphatic heterocycles. The van der Waals surface area contributed by atoms with Crippen molar-refractivity contribution in [3.63, 3.8) is 0 Å². The predicted octanol–water partition coefficient (Wildman–Crippen LogP) is 5.55. The van der Waals surface area contributed by atoms with Gasteiger partial charge in [-0.25, -0.2) is 4.79 Å². The third kappa shape index (κ3) is 2.94. The van der Waals surface area contributed by atoms with Gasteiger partial charge < -0.3 is 10.2 Å². The molecule has 1 heterocycles. The van der Waals surface area contributed by atoms with Crippen molar-refractivity contribution >= 4 is 23.3 Å². The van der Waals surface area contributed by atoms with Gasteiger partial charge in [0.2, 0.25) is 0 Å². The molecule has 0 radical (unpaired) electrons. The number of hydrogen-bond donors (Lipinski definition) is 1. The van der Waals surface area contributed by atoms with Crippen LogP contribution in [0.15, 0.2) is 48.5 Å². The summed E-state index contributed by atoms with van der Waals surface area (Å²) < 4.78 is 41.4. The quantitative estimate of drug-likeness (QED) is 0.753. The van der Waals surface area contributed by atoms with Crippen LogP contribution in [-0.4, -0.2) is 17.1 Å². The second-order valence-corrected chi connectivity index (χ2v) is 6.04. The van der Waals surface area contributed by atoms with Gasteiger partial charge in [0.25, 0.3) is 0 Å². The van der Waals surface area contributed by atoms with Gasteiger partial charge in [-0.2, -0.15) is 13.2 Å². The molecule has 126 valence electrons. The van der Waals surface area contributed by atoms with E-state index in [-0.39, 0.29) is 16.3 Å². The Labute approximate surface area is 142 Å². The lowest BCUT2D eigenvalue weighted by Crippen LogP contribution is -2.49. The molecule has 0 saturated heterocycles. The molecule has 7 heteroatoms. The van der Waals surface area contributed by atoms with E-state index in [9.17, 15) is 18.0 Å². The highest BCUT2D eigenvalue weighted by Gasteiger charge is 2.51. The average molecular weight is 355 g/mol. The summed E-state index contributed by atoms with van der Waals surface area (Å²) in [6.07, 6.45) is -4.62. The number of halogens is 4. The van der Waals surface area contributed by atoms with Crippen LogP contribution in [0.4, 0.5) is 23.7 Å². The van der Waals surface area contributed by atoms with Crippen LogP contribution in [0.25, 0.3) is 0 Å². The largest absolute Gasteiger partial charge is 0.413 e. The van der Waals surface area contributed by atoms with Crippen molar-refractivity contribution in [2.75, 3.05) is 5.32 Å². The first-order valence-corrected chi connectivity index (χ1v) is 7.67. The molecule has 0 aliphatic carbocycles. The van der Waals surface area contributed by atoms with Gasteiger partial charge in [0, 0.05) is 16.3 Å². The maximum absolute atomic E-state index is 13.8. The molecule has 24 heavy (non-hydrogen) atoms. The number of carbonyl (C=O) groups is 1. The maximum Gasteiger partial charge on any atom is 0.413 e. The van der Waals surface area contributed by atoms with Crippen molar-refractivity contribution in [1.82, 2.24) is 4.90 Å². The number of hydrogen-bond acceptors (Lipinski definition) is 1. The van der Waals surface area contributed by atoms with Crippen molar-refractivity contribution in [3.8, 4) is 0 Å². The van der Waals surface area contributed by atoms with E-state index in [2.05, 4.69) is 5.32 Å². The molecule has 3 rings (SSSR count). The number of carbonyl (C=O) groups excluding carboxylic acids is 1. The first-order chi connectivity index (χ1) is 11.3. The highest BCUT2D eigenvalue weighted by atomic mass is 35.5. The Kier molecular flexibility index (Phi) is 4.17. The van der Waals surface area contributed by atoms with Crippen LogP contribution in [-0.2, 0) is 0 Å². The van der Waals surface area contributed by atoms with Crippen molar-refractivity contribution in [2.24, 2.45) is 0 Å². The minimum Gasteiger partial charge on any atom is -0.307 e. The van der Waals surface area contributed by atoms with Crippen LogP contribution in [0, 0.1) is 0 Å². The van der Waals surface area contributed by atoms with Crippen LogP contribution in [0.2, 0.25) is 5.02 Å². The number of alkyl halides is 3. The number of nitrogens with one attached hydrogen (secondary N) is 1. The lowest BCUT2D eigenvalue weighted by Gasteiger charge is -2.41. The second kappa shape index (κ2) is 6.02. The minimum absolute atomic E-state index is 0.0580. The van der Waals surface area contributed by atoms with E-state index in [1.165, 1.54) is 18.2 Å². The number of amides is 2.